The lowest BCUT2D eigenvalue weighted by molar-refractivity contribution is -0.119. The first kappa shape index (κ1) is 26.4. The summed E-state index contributed by atoms with van der Waals surface area (Å²) in [5.41, 5.74) is 3.21. The second-order valence-corrected chi connectivity index (χ2v) is 9.98. The number of benzene rings is 2. The Kier molecular flexibility index (Phi) is 9.93. The van der Waals surface area contributed by atoms with Gasteiger partial charge in [0, 0.05) is 68.5 Å². The van der Waals surface area contributed by atoms with E-state index in [1.807, 2.05) is 47.5 Å². The molecule has 1 N–H and O–H groups in total. The Morgan fingerprint density at radius 3 is 2.44 bits per heavy atom. The Morgan fingerprint density at radius 1 is 0.944 bits per heavy atom. The summed E-state index contributed by atoms with van der Waals surface area (Å²) in [6, 6.07) is 15.1. The number of carbonyl (C=O) groups is 1. The van der Waals surface area contributed by atoms with Gasteiger partial charge in [0.2, 0.25) is 5.91 Å². The van der Waals surface area contributed by atoms with Crippen LogP contribution in [-0.2, 0) is 11.2 Å². The predicted molar refractivity (Wildman–Crippen MR) is 147 cm³/mol. The second-order valence-electron chi connectivity index (χ2n) is 9.98. The number of carbonyl (C=O) groups excluding carboxylic acids is 1. The number of fused-ring (bicyclic) bond motifs is 1. The van der Waals surface area contributed by atoms with Crippen LogP contribution in [0, 0.1) is 5.82 Å². The van der Waals surface area contributed by atoms with E-state index in [2.05, 4.69) is 21.7 Å². The van der Waals surface area contributed by atoms with E-state index in [1.54, 1.807) is 6.07 Å². The van der Waals surface area contributed by atoms with Gasteiger partial charge in [-0.3, -0.25) is 4.79 Å². The minimum absolute atomic E-state index is 0.179. The van der Waals surface area contributed by atoms with Crippen LogP contribution in [0.15, 0.2) is 54.7 Å². The zero-order chi connectivity index (χ0) is 25.2. The molecule has 0 atom stereocenters. The van der Waals surface area contributed by atoms with Gasteiger partial charge in [0.1, 0.15) is 5.82 Å². The molecule has 3 aromatic rings. The van der Waals surface area contributed by atoms with Gasteiger partial charge in [-0.25, -0.2) is 4.39 Å². The van der Waals surface area contributed by atoms with E-state index >= 15 is 0 Å². The van der Waals surface area contributed by atoms with Crippen molar-refractivity contribution in [3.8, 4) is 0 Å². The highest BCUT2D eigenvalue weighted by Gasteiger charge is 2.20. The molecule has 1 fully saturated rings. The molecule has 2 heterocycles. The first-order valence-corrected chi connectivity index (χ1v) is 13.7. The first-order chi connectivity index (χ1) is 17.6. The number of halogens is 1. The molecule has 0 spiro atoms. The molecule has 36 heavy (non-hydrogen) atoms. The Bertz CT molecular complexity index is 1080. The molecule has 0 aliphatic carbocycles. The third-order valence-electron chi connectivity index (χ3n) is 7.36. The number of piperazine rings is 1. The summed E-state index contributed by atoms with van der Waals surface area (Å²) in [6.45, 7) is 8.98. The molecule has 5 nitrogen and oxygen atoms in total. The summed E-state index contributed by atoms with van der Waals surface area (Å²) in [5.74, 6) is 0.0524. The van der Waals surface area contributed by atoms with Gasteiger partial charge >= 0.3 is 0 Å². The van der Waals surface area contributed by atoms with E-state index in [9.17, 15) is 9.18 Å². The highest BCUT2D eigenvalue weighted by atomic mass is 19.1. The fourth-order valence-electron chi connectivity index (χ4n) is 5.18. The molecular weight excluding hydrogens is 451 g/mol. The highest BCUT2D eigenvalue weighted by Crippen LogP contribution is 2.21. The van der Waals surface area contributed by atoms with Gasteiger partial charge in [0.25, 0.3) is 0 Å². The maximum absolute atomic E-state index is 13.6. The number of nitrogens with zero attached hydrogens (tertiary/aromatic N) is 3. The van der Waals surface area contributed by atoms with Crippen molar-refractivity contribution in [2.24, 2.45) is 0 Å². The smallest absolute Gasteiger partial charge is 0.228 e. The molecule has 0 unspecified atom stereocenters. The van der Waals surface area contributed by atoms with Gasteiger partial charge in [-0.05, 0) is 61.7 Å². The molecular formula is C30H41FN4O. The van der Waals surface area contributed by atoms with Gasteiger partial charge in [-0.2, -0.15) is 0 Å². The standard InChI is InChI=1S/C30H41FN4O/c1-2-3-4-8-17-35(27-11-6-5-7-12-27)30(36)15-18-34-21-19-33(20-22-34)16-9-10-25-24-32-29-14-13-26(31)23-28(25)29/h5-7,11-14,23-24,32H,2-4,8-10,15-22H2,1H3. The van der Waals surface area contributed by atoms with Crippen molar-refractivity contribution in [3.63, 3.8) is 0 Å². The van der Waals surface area contributed by atoms with E-state index < -0.39 is 0 Å². The van der Waals surface area contributed by atoms with Gasteiger partial charge < -0.3 is 19.7 Å². The molecule has 0 radical (unpaired) electrons. The highest BCUT2D eigenvalue weighted by molar-refractivity contribution is 5.93. The van der Waals surface area contributed by atoms with Gasteiger partial charge in [0.05, 0.1) is 0 Å². The zero-order valence-corrected chi connectivity index (χ0v) is 21.7. The number of aryl methyl sites for hydroxylation is 1. The summed E-state index contributed by atoms with van der Waals surface area (Å²) in [7, 11) is 0. The van der Waals surface area contributed by atoms with Crippen LogP contribution >= 0.6 is 0 Å². The molecule has 2 aromatic carbocycles. The van der Waals surface area contributed by atoms with Crippen LogP contribution in [0.25, 0.3) is 10.9 Å². The second kappa shape index (κ2) is 13.6. The van der Waals surface area contributed by atoms with Gasteiger partial charge in [-0.15, -0.1) is 0 Å². The lowest BCUT2D eigenvalue weighted by Crippen LogP contribution is -2.47. The maximum atomic E-state index is 13.6. The van der Waals surface area contributed by atoms with Crippen molar-refractivity contribution in [1.82, 2.24) is 14.8 Å². The largest absolute Gasteiger partial charge is 0.361 e. The number of amides is 1. The van der Waals surface area contributed by atoms with Crippen LogP contribution in [0.4, 0.5) is 10.1 Å². The normalized spacial score (nSPS) is 14.9. The summed E-state index contributed by atoms with van der Waals surface area (Å²) >= 11 is 0. The summed E-state index contributed by atoms with van der Waals surface area (Å²) in [6.07, 6.45) is 9.25. The Labute approximate surface area is 215 Å². The van der Waals surface area contributed by atoms with E-state index in [0.29, 0.717) is 6.42 Å². The van der Waals surface area contributed by atoms with Crippen molar-refractivity contribution < 1.29 is 9.18 Å². The lowest BCUT2D eigenvalue weighted by Gasteiger charge is -2.35. The summed E-state index contributed by atoms with van der Waals surface area (Å²) in [4.78, 5) is 23.3. The number of unbranched alkanes of at least 4 members (excludes halogenated alkanes) is 3. The maximum Gasteiger partial charge on any atom is 0.228 e. The molecule has 0 saturated carbocycles. The van der Waals surface area contributed by atoms with Gasteiger partial charge in [0.15, 0.2) is 0 Å². The predicted octanol–water partition coefficient (Wildman–Crippen LogP) is 5.86. The molecule has 1 saturated heterocycles. The monoisotopic (exact) mass is 492 g/mol. The number of para-hydroxylation sites is 1. The van der Waals surface area contributed by atoms with E-state index in [-0.39, 0.29) is 11.7 Å². The number of nitrogens with one attached hydrogen (secondary N) is 1. The molecule has 1 aromatic heterocycles. The van der Waals surface area contributed by atoms with E-state index in [1.165, 1.54) is 30.9 Å². The van der Waals surface area contributed by atoms with E-state index in [0.717, 1.165) is 81.7 Å². The van der Waals surface area contributed by atoms with Crippen molar-refractivity contribution >= 4 is 22.5 Å². The minimum Gasteiger partial charge on any atom is -0.361 e. The quantitative estimate of drug-likeness (QED) is 0.304. The zero-order valence-electron chi connectivity index (χ0n) is 21.7. The van der Waals surface area contributed by atoms with Crippen molar-refractivity contribution in [2.75, 3.05) is 50.7 Å². The van der Waals surface area contributed by atoms with Crippen LogP contribution in [0.2, 0.25) is 0 Å². The molecule has 0 bridgehead atoms. The van der Waals surface area contributed by atoms with Crippen molar-refractivity contribution in [3.05, 3.63) is 66.1 Å². The Balaban J connectivity index is 1.18. The number of hydrogen-bond donors (Lipinski definition) is 1. The van der Waals surface area contributed by atoms with Crippen LogP contribution in [0.3, 0.4) is 0 Å². The molecule has 1 aliphatic heterocycles. The fourth-order valence-corrected chi connectivity index (χ4v) is 5.18. The third-order valence-corrected chi connectivity index (χ3v) is 7.36. The van der Waals surface area contributed by atoms with Crippen LogP contribution in [0.5, 0.6) is 0 Å². The summed E-state index contributed by atoms with van der Waals surface area (Å²) < 4.78 is 13.6. The molecule has 194 valence electrons. The Morgan fingerprint density at radius 2 is 1.69 bits per heavy atom. The molecule has 6 heteroatoms. The number of anilines is 1. The minimum atomic E-state index is -0.179. The van der Waals surface area contributed by atoms with Crippen LogP contribution in [0.1, 0.15) is 51.0 Å². The number of rotatable bonds is 13. The Hall–Kier alpha value is -2.70. The van der Waals surface area contributed by atoms with Crippen molar-refractivity contribution in [2.45, 2.75) is 51.9 Å². The SMILES string of the molecule is CCCCCCN(C(=O)CCN1CCN(CCCc2c[nH]c3ccc(F)cc23)CC1)c1ccccc1. The number of aromatic amines is 1. The van der Waals surface area contributed by atoms with Gasteiger partial charge in [-0.1, -0.05) is 44.4 Å². The molecule has 4 rings (SSSR count). The van der Waals surface area contributed by atoms with Crippen LogP contribution in [-0.4, -0.2) is 66.5 Å². The van der Waals surface area contributed by atoms with Crippen molar-refractivity contribution in [1.29, 1.82) is 0 Å². The fraction of sp³-hybridized carbons (Fsp3) is 0.500. The summed E-state index contributed by atoms with van der Waals surface area (Å²) in [5, 5.41) is 0.999. The van der Waals surface area contributed by atoms with Crippen LogP contribution < -0.4 is 4.90 Å². The molecule has 1 aliphatic rings. The number of hydrogen-bond acceptors (Lipinski definition) is 3. The average molecular weight is 493 g/mol. The third kappa shape index (κ3) is 7.40. The molecule has 1 amide bonds. The van der Waals surface area contributed by atoms with E-state index in [4.69, 9.17) is 0 Å². The first-order valence-electron chi connectivity index (χ1n) is 13.7. The lowest BCUT2D eigenvalue weighted by atomic mass is 10.1. The topological polar surface area (TPSA) is 42.6 Å². The number of H-pyrrole nitrogens is 1. The number of aromatic nitrogens is 1. The average Bonchev–Trinajstić information content (AvgIpc) is 3.30.